The van der Waals surface area contributed by atoms with Gasteiger partial charge in [-0.25, -0.2) is 4.79 Å². The van der Waals surface area contributed by atoms with Gasteiger partial charge < -0.3 is 14.5 Å². The Bertz CT molecular complexity index is 470. The molecule has 1 fully saturated rings. The second-order valence-corrected chi connectivity index (χ2v) is 7.26. The molecule has 0 bridgehead atoms. The third kappa shape index (κ3) is 10.7. The summed E-state index contributed by atoms with van der Waals surface area (Å²) in [5.41, 5.74) is 2.20. The molecule has 0 radical (unpaired) electrons. The first kappa shape index (κ1) is 23.3. The number of hydrogen-bond acceptors (Lipinski definition) is 3. The first-order chi connectivity index (χ1) is 11.7. The standard InChI is InChI=1S/C10H19NO2.C9H13N.C2H6/c1-10(2,3)13-9(12)11-7-5-4-6-8-11;1-8-4-6-9(7-5-8)10(2)3;1-2/h4-8H2,1-3H3;4-7H,1-3H3;1-2H3. The molecule has 0 N–H and O–H groups in total. The summed E-state index contributed by atoms with van der Waals surface area (Å²) >= 11 is 0. The number of hydrogen-bond donors (Lipinski definition) is 0. The van der Waals surface area contributed by atoms with Crippen LogP contribution in [0.1, 0.15) is 59.4 Å². The second-order valence-electron chi connectivity index (χ2n) is 7.26. The zero-order valence-corrected chi connectivity index (χ0v) is 17.6. The van der Waals surface area contributed by atoms with E-state index in [0.717, 1.165) is 25.9 Å². The Morgan fingerprint density at radius 3 is 1.88 bits per heavy atom. The van der Waals surface area contributed by atoms with Crippen LogP contribution in [0.3, 0.4) is 0 Å². The van der Waals surface area contributed by atoms with Crippen LogP contribution in [0, 0.1) is 6.92 Å². The maximum atomic E-state index is 11.5. The molecular weight excluding hydrogens is 312 g/mol. The fourth-order valence-corrected chi connectivity index (χ4v) is 2.25. The molecule has 0 atom stereocenters. The third-order valence-electron chi connectivity index (χ3n) is 3.56. The summed E-state index contributed by atoms with van der Waals surface area (Å²) < 4.78 is 5.26. The Morgan fingerprint density at radius 1 is 1.00 bits per heavy atom. The maximum absolute atomic E-state index is 11.5. The highest BCUT2D eigenvalue weighted by molar-refractivity contribution is 5.68. The summed E-state index contributed by atoms with van der Waals surface area (Å²) in [6.07, 6.45) is 3.30. The van der Waals surface area contributed by atoms with E-state index in [0.29, 0.717) is 0 Å². The maximum Gasteiger partial charge on any atom is 0.410 e. The van der Waals surface area contributed by atoms with Crippen LogP contribution in [0.5, 0.6) is 0 Å². The number of amides is 1. The number of rotatable bonds is 1. The Hall–Kier alpha value is -1.71. The summed E-state index contributed by atoms with van der Waals surface area (Å²) in [5.74, 6) is 0. The lowest BCUT2D eigenvalue weighted by Crippen LogP contribution is -2.39. The van der Waals surface area contributed by atoms with Gasteiger partial charge in [-0.2, -0.15) is 0 Å². The van der Waals surface area contributed by atoms with E-state index in [2.05, 4.69) is 36.1 Å². The predicted octanol–water partition coefficient (Wildman–Crippen LogP) is 5.49. The lowest BCUT2D eigenvalue weighted by atomic mass is 10.1. The van der Waals surface area contributed by atoms with E-state index in [1.165, 1.54) is 17.7 Å². The van der Waals surface area contributed by atoms with Crippen molar-refractivity contribution >= 4 is 11.8 Å². The van der Waals surface area contributed by atoms with Crippen molar-refractivity contribution in [2.45, 2.75) is 66.4 Å². The predicted molar refractivity (Wildman–Crippen MR) is 109 cm³/mol. The van der Waals surface area contributed by atoms with Crippen molar-refractivity contribution in [3.8, 4) is 0 Å². The van der Waals surface area contributed by atoms with Crippen LogP contribution >= 0.6 is 0 Å². The molecule has 0 spiro atoms. The van der Waals surface area contributed by atoms with Crippen molar-refractivity contribution < 1.29 is 9.53 Å². The van der Waals surface area contributed by atoms with Gasteiger partial charge in [0.2, 0.25) is 0 Å². The van der Waals surface area contributed by atoms with Gasteiger partial charge in [0.1, 0.15) is 5.60 Å². The van der Waals surface area contributed by atoms with Gasteiger partial charge in [-0.15, -0.1) is 0 Å². The first-order valence-electron chi connectivity index (χ1n) is 9.41. The molecule has 25 heavy (non-hydrogen) atoms. The molecule has 1 heterocycles. The minimum Gasteiger partial charge on any atom is -0.444 e. The number of anilines is 1. The Balaban J connectivity index is 0.000000430. The molecular formula is C21H38N2O2. The number of carbonyl (C=O) groups excluding carboxylic acids is 1. The second kappa shape index (κ2) is 11.8. The molecule has 4 heteroatoms. The number of likely N-dealkylation sites (tertiary alicyclic amines) is 1. The Labute approximate surface area is 155 Å². The van der Waals surface area contributed by atoms with Crippen molar-refractivity contribution in [3.05, 3.63) is 29.8 Å². The van der Waals surface area contributed by atoms with Gasteiger partial charge in [0.25, 0.3) is 0 Å². The van der Waals surface area contributed by atoms with E-state index in [1.54, 1.807) is 4.90 Å². The summed E-state index contributed by atoms with van der Waals surface area (Å²) in [5, 5.41) is 0. The molecule has 0 aromatic heterocycles. The topological polar surface area (TPSA) is 32.8 Å². The van der Waals surface area contributed by atoms with Gasteiger partial charge in [0.05, 0.1) is 0 Å². The molecule has 1 aromatic carbocycles. The van der Waals surface area contributed by atoms with E-state index < -0.39 is 0 Å². The van der Waals surface area contributed by atoms with E-state index >= 15 is 0 Å². The minimum absolute atomic E-state index is 0.160. The molecule has 0 saturated carbocycles. The van der Waals surface area contributed by atoms with E-state index in [-0.39, 0.29) is 11.7 Å². The molecule has 1 aliphatic rings. The zero-order chi connectivity index (χ0) is 19.5. The van der Waals surface area contributed by atoms with Crippen LogP contribution in [-0.2, 0) is 4.74 Å². The summed E-state index contributed by atoms with van der Waals surface area (Å²) in [6, 6.07) is 8.48. The van der Waals surface area contributed by atoms with Crippen LogP contribution in [0.2, 0.25) is 0 Å². The monoisotopic (exact) mass is 350 g/mol. The largest absolute Gasteiger partial charge is 0.444 e. The van der Waals surface area contributed by atoms with Crippen molar-refractivity contribution in [3.63, 3.8) is 0 Å². The van der Waals surface area contributed by atoms with Crippen LogP contribution in [0.4, 0.5) is 10.5 Å². The fourth-order valence-electron chi connectivity index (χ4n) is 2.25. The van der Waals surface area contributed by atoms with Crippen molar-refractivity contribution in [1.82, 2.24) is 4.90 Å². The highest BCUT2D eigenvalue weighted by Gasteiger charge is 2.22. The SMILES string of the molecule is CC.CC(C)(C)OC(=O)N1CCCCC1.Cc1ccc(N(C)C)cc1. The van der Waals surface area contributed by atoms with Crippen LogP contribution in [-0.4, -0.2) is 43.8 Å². The van der Waals surface area contributed by atoms with Gasteiger partial charge in [0, 0.05) is 32.9 Å². The van der Waals surface area contributed by atoms with Crippen molar-refractivity contribution in [2.75, 3.05) is 32.1 Å². The summed E-state index contributed by atoms with van der Waals surface area (Å²) in [7, 11) is 4.09. The van der Waals surface area contributed by atoms with E-state index in [1.807, 2.05) is 48.7 Å². The summed E-state index contributed by atoms with van der Waals surface area (Å²) in [6.45, 7) is 13.5. The number of piperidine rings is 1. The van der Waals surface area contributed by atoms with Gasteiger partial charge >= 0.3 is 6.09 Å². The number of carbonyl (C=O) groups is 1. The van der Waals surface area contributed by atoms with Crippen LogP contribution in [0.15, 0.2) is 24.3 Å². The molecule has 1 aliphatic heterocycles. The first-order valence-corrected chi connectivity index (χ1v) is 9.41. The van der Waals surface area contributed by atoms with Gasteiger partial charge in [-0.3, -0.25) is 0 Å². The Kier molecular flexibility index (Phi) is 11.0. The third-order valence-corrected chi connectivity index (χ3v) is 3.56. The van der Waals surface area contributed by atoms with E-state index in [4.69, 9.17) is 4.74 Å². The van der Waals surface area contributed by atoms with Gasteiger partial charge in [-0.1, -0.05) is 31.5 Å². The highest BCUT2D eigenvalue weighted by Crippen LogP contribution is 2.14. The number of aryl methyl sites for hydroxylation is 1. The molecule has 0 aliphatic carbocycles. The molecule has 0 unspecified atom stereocenters. The molecule has 4 nitrogen and oxygen atoms in total. The van der Waals surface area contributed by atoms with Gasteiger partial charge in [-0.05, 0) is 59.1 Å². The smallest absolute Gasteiger partial charge is 0.410 e. The lowest BCUT2D eigenvalue weighted by Gasteiger charge is -2.29. The van der Waals surface area contributed by atoms with Crippen LogP contribution in [0.25, 0.3) is 0 Å². The highest BCUT2D eigenvalue weighted by atomic mass is 16.6. The van der Waals surface area contributed by atoms with E-state index in [9.17, 15) is 4.79 Å². The number of nitrogens with zero attached hydrogens (tertiary/aromatic N) is 2. The zero-order valence-electron chi connectivity index (χ0n) is 17.6. The average molecular weight is 351 g/mol. The fraction of sp³-hybridized carbons (Fsp3) is 0.667. The number of ether oxygens (including phenoxy) is 1. The van der Waals surface area contributed by atoms with Gasteiger partial charge in [0.15, 0.2) is 0 Å². The Morgan fingerprint density at radius 2 is 1.48 bits per heavy atom. The summed E-state index contributed by atoms with van der Waals surface area (Å²) in [4.78, 5) is 15.4. The minimum atomic E-state index is -0.367. The molecule has 144 valence electrons. The van der Waals surface area contributed by atoms with Crippen molar-refractivity contribution in [1.29, 1.82) is 0 Å². The van der Waals surface area contributed by atoms with Crippen molar-refractivity contribution in [2.24, 2.45) is 0 Å². The average Bonchev–Trinajstić information content (AvgIpc) is 2.57. The normalized spacial score (nSPS) is 13.7. The molecule has 1 aromatic rings. The quantitative estimate of drug-likeness (QED) is 0.671. The number of benzene rings is 1. The molecule has 1 saturated heterocycles. The van der Waals surface area contributed by atoms with Crippen LogP contribution < -0.4 is 4.90 Å². The lowest BCUT2D eigenvalue weighted by molar-refractivity contribution is 0.0216. The molecule has 1 amide bonds. The molecule has 2 rings (SSSR count).